The van der Waals surface area contributed by atoms with Crippen LogP contribution >= 0.6 is 22.7 Å². The van der Waals surface area contributed by atoms with Crippen LogP contribution < -0.4 is 9.47 Å². The van der Waals surface area contributed by atoms with E-state index < -0.39 is 0 Å². The Morgan fingerprint density at radius 3 is 2.25 bits per heavy atom. The summed E-state index contributed by atoms with van der Waals surface area (Å²) in [4.78, 5) is 16.9. The fourth-order valence-corrected chi connectivity index (χ4v) is 4.05. The average molecular weight is 413 g/mol. The number of rotatable bonds is 9. The normalized spacial score (nSPS) is 10.3. The van der Waals surface area contributed by atoms with Gasteiger partial charge in [-0.3, -0.25) is 4.79 Å². The molecule has 0 spiro atoms. The zero-order valence-electron chi connectivity index (χ0n) is 15.5. The predicted molar refractivity (Wildman–Crippen MR) is 111 cm³/mol. The first-order valence-electron chi connectivity index (χ1n) is 8.82. The summed E-state index contributed by atoms with van der Waals surface area (Å²) in [6.45, 7) is 3.30. The lowest BCUT2D eigenvalue weighted by atomic mass is 10.2. The molecular weight excluding hydrogens is 392 g/mol. The van der Waals surface area contributed by atoms with Crippen molar-refractivity contribution in [3.63, 3.8) is 0 Å². The first-order chi connectivity index (χ1) is 13.7. The summed E-state index contributed by atoms with van der Waals surface area (Å²) < 4.78 is 11.3. The zero-order valence-corrected chi connectivity index (χ0v) is 17.1. The lowest BCUT2D eigenvalue weighted by molar-refractivity contribution is -0.134. The molecule has 0 saturated carbocycles. The Labute approximate surface area is 172 Å². The first-order valence-corrected chi connectivity index (χ1v) is 10.6. The second-order valence-corrected chi connectivity index (χ2v) is 7.97. The Kier molecular flexibility index (Phi) is 7.06. The predicted octanol–water partition coefficient (Wildman–Crippen LogP) is 4.69. The van der Waals surface area contributed by atoms with Crippen molar-refractivity contribution in [3.05, 3.63) is 68.5 Å². The lowest BCUT2D eigenvalue weighted by Crippen LogP contribution is -2.33. The average Bonchev–Trinajstić information content (AvgIpc) is 3.40. The quantitative estimate of drug-likeness (QED) is 0.512. The van der Waals surface area contributed by atoms with Gasteiger partial charge in [0, 0.05) is 15.8 Å². The molecule has 0 aliphatic heterocycles. The van der Waals surface area contributed by atoms with Gasteiger partial charge < -0.3 is 14.4 Å². The molecular formula is C21H20N2O3S2. The van der Waals surface area contributed by atoms with Crippen molar-refractivity contribution in [2.45, 2.75) is 20.0 Å². The van der Waals surface area contributed by atoms with Gasteiger partial charge in [0.05, 0.1) is 31.3 Å². The third kappa shape index (κ3) is 5.35. The van der Waals surface area contributed by atoms with E-state index in [0.29, 0.717) is 36.8 Å². The molecule has 0 bridgehead atoms. The van der Waals surface area contributed by atoms with Gasteiger partial charge in [-0.05, 0) is 41.9 Å². The van der Waals surface area contributed by atoms with E-state index in [9.17, 15) is 4.79 Å². The van der Waals surface area contributed by atoms with Gasteiger partial charge in [-0.2, -0.15) is 5.26 Å². The number of hydrogen-bond acceptors (Lipinski definition) is 6. The number of hydrogen-bond donors (Lipinski definition) is 0. The van der Waals surface area contributed by atoms with E-state index in [1.54, 1.807) is 45.8 Å². The van der Waals surface area contributed by atoms with Crippen LogP contribution in [0.1, 0.15) is 22.2 Å². The summed E-state index contributed by atoms with van der Waals surface area (Å²) in [6.07, 6.45) is 0. The van der Waals surface area contributed by atoms with Gasteiger partial charge in [0.1, 0.15) is 0 Å². The molecule has 0 fully saturated rings. The van der Waals surface area contributed by atoms with Crippen molar-refractivity contribution in [2.24, 2.45) is 0 Å². The van der Waals surface area contributed by atoms with Crippen LogP contribution in [0.5, 0.6) is 11.5 Å². The summed E-state index contributed by atoms with van der Waals surface area (Å²) in [7, 11) is 0. The molecule has 3 rings (SSSR count). The van der Waals surface area contributed by atoms with Crippen molar-refractivity contribution in [2.75, 3.05) is 13.2 Å². The molecule has 0 N–H and O–H groups in total. The number of benzene rings is 1. The van der Waals surface area contributed by atoms with Crippen molar-refractivity contribution in [3.8, 4) is 17.6 Å². The summed E-state index contributed by atoms with van der Waals surface area (Å²) >= 11 is 3.25. The molecule has 1 amide bonds. The SMILES string of the molecule is CCOc1cc(C#N)ccc1OCC(=O)N(Cc1cccs1)Cc1cccs1. The monoisotopic (exact) mass is 412 g/mol. The van der Waals surface area contributed by atoms with Crippen LogP contribution in [0.25, 0.3) is 0 Å². The third-order valence-corrected chi connectivity index (χ3v) is 5.65. The van der Waals surface area contributed by atoms with Crippen LogP contribution in [0.4, 0.5) is 0 Å². The molecule has 28 heavy (non-hydrogen) atoms. The molecule has 0 aliphatic rings. The molecule has 3 aromatic rings. The molecule has 2 aromatic heterocycles. The van der Waals surface area contributed by atoms with Crippen LogP contribution in [-0.4, -0.2) is 24.0 Å². The van der Waals surface area contributed by atoms with E-state index in [2.05, 4.69) is 6.07 Å². The molecule has 0 atom stereocenters. The molecule has 0 aliphatic carbocycles. The fraction of sp³-hybridized carbons (Fsp3) is 0.238. The second kappa shape index (κ2) is 9.93. The van der Waals surface area contributed by atoms with Gasteiger partial charge >= 0.3 is 0 Å². The number of ether oxygens (including phenoxy) is 2. The van der Waals surface area contributed by atoms with Crippen LogP contribution in [0.2, 0.25) is 0 Å². The van der Waals surface area contributed by atoms with Crippen molar-refractivity contribution < 1.29 is 14.3 Å². The topological polar surface area (TPSA) is 62.6 Å². The zero-order chi connectivity index (χ0) is 19.8. The van der Waals surface area contributed by atoms with Crippen molar-refractivity contribution in [1.82, 2.24) is 4.90 Å². The summed E-state index contributed by atoms with van der Waals surface area (Å²) in [5.41, 5.74) is 0.485. The van der Waals surface area contributed by atoms with Crippen molar-refractivity contribution >= 4 is 28.6 Å². The molecule has 2 heterocycles. The molecule has 5 nitrogen and oxygen atoms in total. The smallest absolute Gasteiger partial charge is 0.261 e. The maximum absolute atomic E-state index is 12.9. The van der Waals surface area contributed by atoms with E-state index in [4.69, 9.17) is 14.7 Å². The molecule has 144 valence electrons. The summed E-state index contributed by atoms with van der Waals surface area (Å²) in [5.74, 6) is 0.826. The summed E-state index contributed by atoms with van der Waals surface area (Å²) in [5, 5.41) is 13.1. The van der Waals surface area contributed by atoms with Crippen LogP contribution in [0.15, 0.2) is 53.2 Å². The Morgan fingerprint density at radius 1 is 1.04 bits per heavy atom. The Balaban J connectivity index is 1.70. The van der Waals surface area contributed by atoms with Gasteiger partial charge in [0.25, 0.3) is 5.91 Å². The Morgan fingerprint density at radius 2 is 1.71 bits per heavy atom. The highest BCUT2D eigenvalue weighted by Gasteiger charge is 2.17. The third-order valence-electron chi connectivity index (χ3n) is 3.93. The minimum absolute atomic E-state index is 0.0945. The minimum atomic E-state index is -0.103. The summed E-state index contributed by atoms with van der Waals surface area (Å²) in [6, 6.07) is 15.0. The largest absolute Gasteiger partial charge is 0.490 e. The maximum Gasteiger partial charge on any atom is 0.261 e. The van der Waals surface area contributed by atoms with Crippen molar-refractivity contribution in [1.29, 1.82) is 5.26 Å². The highest BCUT2D eigenvalue weighted by Crippen LogP contribution is 2.28. The lowest BCUT2D eigenvalue weighted by Gasteiger charge is -2.22. The van der Waals surface area contributed by atoms with Crippen LogP contribution in [0, 0.1) is 11.3 Å². The number of carbonyl (C=O) groups excluding carboxylic acids is 1. The maximum atomic E-state index is 12.9. The number of nitrogens with zero attached hydrogens (tertiary/aromatic N) is 2. The Bertz CT molecular complexity index is 895. The number of carbonyl (C=O) groups is 1. The van der Waals surface area contributed by atoms with Crippen LogP contribution in [-0.2, 0) is 17.9 Å². The van der Waals surface area contributed by atoms with E-state index in [1.165, 1.54) is 0 Å². The Hall–Kier alpha value is -2.82. The molecule has 1 aromatic carbocycles. The molecule has 0 unspecified atom stereocenters. The fourth-order valence-electron chi connectivity index (χ4n) is 2.61. The first kappa shape index (κ1) is 19.9. The molecule has 0 radical (unpaired) electrons. The van der Waals surface area contributed by atoms with Crippen LogP contribution in [0.3, 0.4) is 0 Å². The van der Waals surface area contributed by atoms with E-state index >= 15 is 0 Å². The molecule has 0 saturated heterocycles. The highest BCUT2D eigenvalue weighted by atomic mass is 32.1. The second-order valence-electron chi connectivity index (χ2n) is 5.90. The molecule has 7 heteroatoms. The van der Waals surface area contributed by atoms with E-state index in [1.807, 2.05) is 41.9 Å². The highest BCUT2D eigenvalue weighted by molar-refractivity contribution is 7.10. The number of nitriles is 1. The minimum Gasteiger partial charge on any atom is -0.490 e. The van der Waals surface area contributed by atoms with E-state index in [0.717, 1.165) is 9.75 Å². The van der Waals surface area contributed by atoms with Gasteiger partial charge in [0.15, 0.2) is 18.1 Å². The van der Waals surface area contributed by atoms with E-state index in [-0.39, 0.29) is 12.5 Å². The van der Waals surface area contributed by atoms with Gasteiger partial charge in [-0.25, -0.2) is 0 Å². The number of amides is 1. The standard InChI is InChI=1S/C21H20N2O3S2/c1-2-25-20-11-16(12-22)7-8-19(20)26-15-21(24)23(13-17-5-3-9-27-17)14-18-6-4-10-28-18/h3-11H,2,13-15H2,1H3. The van der Waals surface area contributed by atoms with Gasteiger partial charge in [-0.1, -0.05) is 12.1 Å². The van der Waals surface area contributed by atoms with Gasteiger partial charge in [-0.15, -0.1) is 22.7 Å². The number of thiophene rings is 2. The van der Waals surface area contributed by atoms with Gasteiger partial charge in [0.2, 0.25) is 0 Å².